The first-order chi connectivity index (χ1) is 22.2. The molecule has 46 heavy (non-hydrogen) atoms. The average Bonchev–Trinajstić information content (AvgIpc) is 3.64. The Hall–Kier alpha value is -3.02. The van der Waals surface area contributed by atoms with E-state index in [1.807, 2.05) is 55.5 Å². The van der Waals surface area contributed by atoms with Crippen LogP contribution in [0.25, 0.3) is 0 Å². The Morgan fingerprint density at radius 1 is 0.978 bits per heavy atom. The van der Waals surface area contributed by atoms with Gasteiger partial charge in [-0.15, -0.1) is 0 Å². The molecule has 0 saturated carbocycles. The van der Waals surface area contributed by atoms with E-state index < -0.39 is 47.7 Å². The Morgan fingerprint density at radius 2 is 1.72 bits per heavy atom. The van der Waals surface area contributed by atoms with Gasteiger partial charge >= 0.3 is 5.97 Å². The lowest BCUT2D eigenvalue weighted by Gasteiger charge is -2.36. The van der Waals surface area contributed by atoms with Crippen molar-refractivity contribution in [2.75, 3.05) is 33.3 Å². The highest BCUT2D eigenvalue weighted by atomic mass is 79.9. The molecule has 0 unspecified atom stereocenters. The number of amides is 3. The second kappa shape index (κ2) is 14.8. The van der Waals surface area contributed by atoms with Crippen molar-refractivity contribution in [2.24, 2.45) is 11.8 Å². The van der Waals surface area contributed by atoms with Gasteiger partial charge in [0, 0.05) is 44.2 Å². The number of unbranched alkanes of at least 4 members (excludes halogenated alkanes) is 3. The Balaban J connectivity index is 1.59. The summed E-state index contributed by atoms with van der Waals surface area (Å²) >= 11 is 3.61. The maximum absolute atomic E-state index is 14.6. The molecule has 0 radical (unpaired) electrons. The third kappa shape index (κ3) is 6.42. The summed E-state index contributed by atoms with van der Waals surface area (Å²) in [5.41, 5.74) is -0.615. The standard InChI is InChI=1S/C35H46BrN3O7/c1-4-5-11-18-38-19-12-7-10-17-26(41)37(3)23(2)29(24-15-8-6-9-16-24)45-34(44)27-28-32(42)39(20-13-14-21-40)31(33(38)43)35(28)22-25(36)30(27)46-35/h6-9,12,15-16,22-23,27-31,40H,4-5,10-11,13-14,17-21H2,1-3H3/b12-7-/t23-,27+,28-,29+,30+,31+,35-/m1/s1. The molecule has 11 heteroatoms. The van der Waals surface area contributed by atoms with E-state index in [2.05, 4.69) is 22.9 Å². The molecule has 1 aromatic rings. The van der Waals surface area contributed by atoms with E-state index in [1.54, 1.807) is 21.7 Å². The number of carbonyl (C=O) groups excluding carboxylic acids is 4. The van der Waals surface area contributed by atoms with Gasteiger partial charge < -0.3 is 29.3 Å². The molecule has 5 bridgehead atoms. The van der Waals surface area contributed by atoms with Gasteiger partial charge in [-0.05, 0) is 44.2 Å². The quantitative estimate of drug-likeness (QED) is 0.234. The van der Waals surface area contributed by atoms with Gasteiger partial charge in [-0.25, -0.2) is 0 Å². The SMILES string of the molecule is CCCCCN1C/C=C\CCC(=O)N(C)[C@H](C)[C@@H](c2ccccc2)OC(=O)[C@@H]2[C@H]3O[C@@]4(C=C3Br)[C@H](C1=O)N(CCCCO)C(=O)[C@@H]24. The summed E-state index contributed by atoms with van der Waals surface area (Å²) in [5, 5.41) is 9.50. The van der Waals surface area contributed by atoms with Crippen molar-refractivity contribution < 1.29 is 33.8 Å². The molecule has 4 aliphatic rings. The highest BCUT2D eigenvalue weighted by Crippen LogP contribution is 2.59. The number of likely N-dealkylation sites (tertiary alicyclic amines) is 1. The first-order valence-corrected chi connectivity index (χ1v) is 17.4. The molecular formula is C35H46BrN3O7. The Morgan fingerprint density at radius 3 is 2.43 bits per heavy atom. The largest absolute Gasteiger partial charge is 0.455 e. The molecule has 0 aromatic heterocycles. The zero-order valence-corrected chi connectivity index (χ0v) is 28.6. The summed E-state index contributed by atoms with van der Waals surface area (Å²) < 4.78 is 13.5. The summed E-state index contributed by atoms with van der Waals surface area (Å²) in [4.78, 5) is 61.6. The minimum atomic E-state index is -1.35. The number of benzene rings is 1. The molecule has 1 aromatic carbocycles. The van der Waals surface area contributed by atoms with Gasteiger partial charge in [0.1, 0.15) is 29.8 Å². The van der Waals surface area contributed by atoms with E-state index in [0.29, 0.717) is 36.8 Å². The van der Waals surface area contributed by atoms with Gasteiger partial charge in [-0.2, -0.15) is 0 Å². The van der Waals surface area contributed by atoms with Crippen molar-refractivity contribution >= 4 is 39.6 Å². The topological polar surface area (TPSA) is 117 Å². The molecule has 4 heterocycles. The first-order valence-electron chi connectivity index (χ1n) is 16.6. The van der Waals surface area contributed by atoms with Crippen LogP contribution in [0, 0.1) is 11.8 Å². The van der Waals surface area contributed by atoms with Crippen LogP contribution in [0.15, 0.2) is 53.0 Å². The highest BCUT2D eigenvalue weighted by Gasteiger charge is 2.74. The van der Waals surface area contributed by atoms with Crippen LogP contribution in [-0.4, -0.2) is 101 Å². The van der Waals surface area contributed by atoms with E-state index >= 15 is 0 Å². The number of nitrogens with zero attached hydrogens (tertiary/aromatic N) is 3. The van der Waals surface area contributed by atoms with E-state index in [1.165, 1.54) is 0 Å². The van der Waals surface area contributed by atoms with E-state index in [-0.39, 0.29) is 37.3 Å². The molecule has 4 aliphatic heterocycles. The number of fused-ring (bicyclic) bond motifs is 2. The predicted molar refractivity (Wildman–Crippen MR) is 175 cm³/mol. The third-order valence-electron chi connectivity index (χ3n) is 9.91. The summed E-state index contributed by atoms with van der Waals surface area (Å²) in [6, 6.07) is 7.83. The van der Waals surface area contributed by atoms with Gasteiger partial charge in [0.2, 0.25) is 17.7 Å². The first kappa shape index (κ1) is 34.3. The number of carbonyl (C=O) groups is 4. The third-order valence-corrected chi connectivity index (χ3v) is 10.6. The summed E-state index contributed by atoms with van der Waals surface area (Å²) in [7, 11) is 1.72. The van der Waals surface area contributed by atoms with Crippen LogP contribution < -0.4 is 0 Å². The second-order valence-corrected chi connectivity index (χ2v) is 13.7. The van der Waals surface area contributed by atoms with Crippen molar-refractivity contribution in [1.82, 2.24) is 14.7 Å². The lowest BCUT2D eigenvalue weighted by atomic mass is 9.74. The molecule has 1 N–H and O–H groups in total. The van der Waals surface area contributed by atoms with Crippen LogP contribution in [0.5, 0.6) is 0 Å². The van der Waals surface area contributed by atoms with Crippen LogP contribution in [0.3, 0.4) is 0 Å². The number of esters is 1. The van der Waals surface area contributed by atoms with Crippen molar-refractivity contribution in [2.45, 2.75) is 88.7 Å². The number of hydrogen-bond acceptors (Lipinski definition) is 7. The van der Waals surface area contributed by atoms with E-state index in [4.69, 9.17) is 9.47 Å². The second-order valence-electron chi connectivity index (χ2n) is 12.8. The number of halogens is 1. The van der Waals surface area contributed by atoms with Crippen LogP contribution in [0.1, 0.15) is 70.5 Å². The van der Waals surface area contributed by atoms with Crippen molar-refractivity contribution in [3.63, 3.8) is 0 Å². The van der Waals surface area contributed by atoms with Crippen molar-refractivity contribution in [1.29, 1.82) is 0 Å². The number of rotatable bonds is 9. The van der Waals surface area contributed by atoms with Gasteiger partial charge in [-0.3, -0.25) is 19.2 Å². The Labute approximate surface area is 279 Å². The van der Waals surface area contributed by atoms with Crippen LogP contribution in [-0.2, 0) is 28.7 Å². The zero-order valence-electron chi connectivity index (χ0n) is 27.0. The fourth-order valence-corrected chi connectivity index (χ4v) is 8.08. The lowest BCUT2D eigenvalue weighted by molar-refractivity contribution is -0.164. The fourth-order valence-electron chi connectivity index (χ4n) is 7.34. The number of ether oxygens (including phenoxy) is 2. The number of aliphatic hydroxyl groups excluding tert-OH is 1. The minimum absolute atomic E-state index is 0.0296. The van der Waals surface area contributed by atoms with Crippen LogP contribution in [0.4, 0.5) is 0 Å². The number of hydrogen-bond donors (Lipinski definition) is 1. The number of cyclic esters (lactones) is 1. The molecule has 0 aliphatic carbocycles. The van der Waals surface area contributed by atoms with Gasteiger partial charge in [-0.1, -0.05) is 78.2 Å². The van der Waals surface area contributed by atoms with Crippen LogP contribution in [0.2, 0.25) is 0 Å². The summed E-state index contributed by atoms with van der Waals surface area (Å²) in [5.74, 6) is -3.19. The molecule has 250 valence electrons. The molecule has 5 rings (SSSR count). The van der Waals surface area contributed by atoms with Crippen molar-refractivity contribution in [3.05, 3.63) is 58.6 Å². The number of allylic oxidation sites excluding steroid dienone is 1. The normalized spacial score (nSPS) is 32.5. The van der Waals surface area contributed by atoms with Crippen molar-refractivity contribution in [3.8, 4) is 0 Å². The zero-order chi connectivity index (χ0) is 33.0. The molecule has 7 atom stereocenters. The lowest BCUT2D eigenvalue weighted by Crippen LogP contribution is -2.56. The maximum Gasteiger partial charge on any atom is 0.313 e. The number of likely N-dealkylation sites (N-methyl/N-ethyl adjacent to an activating group) is 1. The van der Waals surface area contributed by atoms with E-state index in [0.717, 1.165) is 24.8 Å². The average molecular weight is 701 g/mol. The monoisotopic (exact) mass is 699 g/mol. The Bertz CT molecular complexity index is 1350. The molecule has 2 saturated heterocycles. The minimum Gasteiger partial charge on any atom is -0.455 e. The summed E-state index contributed by atoms with van der Waals surface area (Å²) in [6.07, 6.45) is 8.56. The molecule has 1 spiro atoms. The summed E-state index contributed by atoms with van der Waals surface area (Å²) in [6.45, 7) is 5.01. The van der Waals surface area contributed by atoms with Crippen LogP contribution >= 0.6 is 15.9 Å². The van der Waals surface area contributed by atoms with Gasteiger partial charge in [0.05, 0.1) is 12.0 Å². The predicted octanol–water partition coefficient (Wildman–Crippen LogP) is 4.13. The molecule has 2 fully saturated rings. The van der Waals surface area contributed by atoms with Gasteiger partial charge in [0.15, 0.2) is 0 Å². The van der Waals surface area contributed by atoms with Gasteiger partial charge in [0.25, 0.3) is 0 Å². The maximum atomic E-state index is 14.6. The highest BCUT2D eigenvalue weighted by molar-refractivity contribution is 9.11. The molecular weight excluding hydrogens is 654 g/mol. The fraction of sp³-hybridized carbons (Fsp3) is 0.600. The molecule has 3 amide bonds. The van der Waals surface area contributed by atoms with E-state index in [9.17, 15) is 24.3 Å². The number of aliphatic hydroxyl groups is 1. The Kier molecular flexibility index (Phi) is 11.1. The smallest absolute Gasteiger partial charge is 0.313 e. The molecule has 10 nitrogen and oxygen atoms in total.